The Balaban J connectivity index is 2.70. The van der Waals surface area contributed by atoms with Crippen molar-refractivity contribution in [2.45, 2.75) is 5.03 Å². The average Bonchev–Trinajstić information content (AvgIpc) is 2.70. The molecule has 2 rings (SSSR count). The summed E-state index contributed by atoms with van der Waals surface area (Å²) < 4.78 is 15.1. The standard InChI is InChI=1S/C18H16N4O4S/c1-24-13-5-4-10(6-14(13)25-2)16-11(7-19)17(21)22-18(12(16)8-20)27-9-15(23)26-3/h4-6H,9H2,1-3H3,(H2,21,22). The van der Waals surface area contributed by atoms with E-state index >= 15 is 0 Å². The molecule has 8 nitrogen and oxygen atoms in total. The van der Waals surface area contributed by atoms with Crippen molar-refractivity contribution in [3.05, 3.63) is 29.3 Å². The van der Waals surface area contributed by atoms with Crippen LogP contribution in [0.3, 0.4) is 0 Å². The van der Waals surface area contributed by atoms with Crippen molar-refractivity contribution in [1.82, 2.24) is 4.98 Å². The molecule has 0 spiro atoms. The number of hydrogen-bond acceptors (Lipinski definition) is 9. The highest BCUT2D eigenvalue weighted by molar-refractivity contribution is 7.99. The number of ether oxygens (including phenoxy) is 3. The lowest BCUT2D eigenvalue weighted by atomic mass is 9.96. The second-order valence-corrected chi connectivity index (χ2v) is 6.05. The van der Waals surface area contributed by atoms with E-state index in [1.54, 1.807) is 18.2 Å². The van der Waals surface area contributed by atoms with Gasteiger partial charge in [0.2, 0.25) is 0 Å². The Kier molecular flexibility index (Phi) is 6.47. The van der Waals surface area contributed by atoms with E-state index in [-0.39, 0.29) is 27.7 Å². The van der Waals surface area contributed by atoms with Crippen LogP contribution < -0.4 is 15.2 Å². The molecule has 0 saturated carbocycles. The van der Waals surface area contributed by atoms with Gasteiger partial charge in [-0.1, -0.05) is 17.8 Å². The van der Waals surface area contributed by atoms with Crippen molar-refractivity contribution in [3.63, 3.8) is 0 Å². The van der Waals surface area contributed by atoms with E-state index in [9.17, 15) is 15.3 Å². The van der Waals surface area contributed by atoms with E-state index in [1.165, 1.54) is 21.3 Å². The van der Waals surface area contributed by atoms with Gasteiger partial charge in [0.1, 0.15) is 28.5 Å². The highest BCUT2D eigenvalue weighted by atomic mass is 32.2. The van der Waals surface area contributed by atoms with Gasteiger partial charge in [0, 0.05) is 5.56 Å². The summed E-state index contributed by atoms with van der Waals surface area (Å²) in [6.45, 7) is 0. The molecular formula is C18H16N4O4S. The number of nitriles is 2. The minimum atomic E-state index is -0.471. The van der Waals surface area contributed by atoms with Crippen molar-refractivity contribution < 1.29 is 19.0 Å². The maximum Gasteiger partial charge on any atom is 0.316 e. The number of anilines is 1. The smallest absolute Gasteiger partial charge is 0.316 e. The number of benzene rings is 1. The highest BCUT2D eigenvalue weighted by Gasteiger charge is 2.22. The number of carbonyl (C=O) groups is 1. The van der Waals surface area contributed by atoms with Gasteiger partial charge in [-0.2, -0.15) is 10.5 Å². The number of carbonyl (C=O) groups excluding carboxylic acids is 1. The molecule has 2 aromatic rings. The molecule has 27 heavy (non-hydrogen) atoms. The number of hydrogen-bond donors (Lipinski definition) is 1. The molecule has 1 aromatic heterocycles. The number of methoxy groups -OCH3 is 3. The first-order valence-corrected chi connectivity index (χ1v) is 8.54. The predicted octanol–water partition coefficient (Wildman–Crippen LogP) is 2.36. The Morgan fingerprint density at radius 1 is 1.15 bits per heavy atom. The van der Waals surface area contributed by atoms with Crippen LogP contribution in [0, 0.1) is 22.7 Å². The van der Waals surface area contributed by atoms with Crippen LogP contribution >= 0.6 is 11.8 Å². The molecule has 0 amide bonds. The summed E-state index contributed by atoms with van der Waals surface area (Å²) in [6.07, 6.45) is 0. The summed E-state index contributed by atoms with van der Waals surface area (Å²) in [5.74, 6) is 0.381. The van der Waals surface area contributed by atoms with Gasteiger partial charge in [-0.05, 0) is 17.7 Å². The Labute approximate surface area is 160 Å². The third-order valence-corrected chi connectivity index (χ3v) is 4.59. The summed E-state index contributed by atoms with van der Waals surface area (Å²) in [5, 5.41) is 19.5. The van der Waals surface area contributed by atoms with Crippen LogP contribution in [-0.2, 0) is 9.53 Å². The normalized spacial score (nSPS) is 9.81. The van der Waals surface area contributed by atoms with E-state index in [0.29, 0.717) is 22.6 Å². The first kappa shape index (κ1) is 19.9. The lowest BCUT2D eigenvalue weighted by molar-refractivity contribution is -0.137. The van der Waals surface area contributed by atoms with Gasteiger partial charge in [0.15, 0.2) is 11.5 Å². The number of nitrogens with two attached hydrogens (primary N) is 1. The molecule has 0 unspecified atom stereocenters. The molecule has 0 bridgehead atoms. The zero-order chi connectivity index (χ0) is 20.0. The predicted molar refractivity (Wildman–Crippen MR) is 99.4 cm³/mol. The molecule has 0 aliphatic heterocycles. The van der Waals surface area contributed by atoms with Gasteiger partial charge in [-0.15, -0.1) is 0 Å². The van der Waals surface area contributed by atoms with Gasteiger partial charge in [0.25, 0.3) is 0 Å². The molecule has 0 aliphatic rings. The van der Waals surface area contributed by atoms with E-state index in [4.69, 9.17) is 15.2 Å². The Morgan fingerprint density at radius 3 is 2.37 bits per heavy atom. The van der Waals surface area contributed by atoms with Crippen molar-refractivity contribution in [3.8, 4) is 34.8 Å². The fourth-order valence-electron chi connectivity index (χ4n) is 2.37. The third-order valence-electron chi connectivity index (χ3n) is 3.64. The van der Waals surface area contributed by atoms with E-state index < -0.39 is 5.97 Å². The quantitative estimate of drug-likeness (QED) is 0.588. The number of pyridine rings is 1. The summed E-state index contributed by atoms with van der Waals surface area (Å²) in [7, 11) is 4.26. The molecule has 0 saturated heterocycles. The number of aromatic nitrogens is 1. The minimum Gasteiger partial charge on any atom is -0.493 e. The Bertz CT molecular complexity index is 963. The average molecular weight is 384 g/mol. The van der Waals surface area contributed by atoms with Gasteiger partial charge in [-0.3, -0.25) is 4.79 Å². The third kappa shape index (κ3) is 4.05. The molecular weight excluding hydrogens is 368 g/mol. The number of rotatable bonds is 6. The fraction of sp³-hybridized carbons (Fsp3) is 0.222. The minimum absolute atomic E-state index is 0.0337. The van der Waals surface area contributed by atoms with Crippen LogP contribution in [0.1, 0.15) is 11.1 Å². The monoisotopic (exact) mass is 384 g/mol. The van der Waals surface area contributed by atoms with Gasteiger partial charge in [0.05, 0.1) is 32.6 Å². The Hall–Kier alpha value is -3.43. The zero-order valence-electron chi connectivity index (χ0n) is 14.9. The molecule has 0 aliphatic carbocycles. The van der Waals surface area contributed by atoms with Crippen molar-refractivity contribution in [2.75, 3.05) is 32.8 Å². The van der Waals surface area contributed by atoms with Crippen LogP contribution in [0.4, 0.5) is 5.82 Å². The molecule has 2 N–H and O–H groups in total. The van der Waals surface area contributed by atoms with Crippen molar-refractivity contribution in [1.29, 1.82) is 10.5 Å². The molecule has 138 valence electrons. The molecule has 1 aromatic carbocycles. The number of esters is 1. The van der Waals surface area contributed by atoms with Gasteiger partial charge in [-0.25, -0.2) is 4.98 Å². The second kappa shape index (κ2) is 8.79. The molecule has 0 atom stereocenters. The number of nitrogen functional groups attached to an aromatic ring is 1. The second-order valence-electron chi connectivity index (χ2n) is 5.09. The van der Waals surface area contributed by atoms with Crippen molar-refractivity contribution in [2.24, 2.45) is 0 Å². The molecule has 9 heteroatoms. The summed E-state index contributed by atoms with van der Waals surface area (Å²) >= 11 is 1.01. The van der Waals surface area contributed by atoms with E-state index in [1.807, 2.05) is 6.07 Å². The van der Waals surface area contributed by atoms with Gasteiger partial charge < -0.3 is 19.9 Å². The number of nitrogens with zero attached hydrogens (tertiary/aromatic N) is 3. The maximum absolute atomic E-state index is 11.4. The topological polar surface area (TPSA) is 131 Å². The van der Waals surface area contributed by atoms with E-state index in [2.05, 4.69) is 15.8 Å². The maximum atomic E-state index is 11.4. The largest absolute Gasteiger partial charge is 0.493 e. The van der Waals surface area contributed by atoms with Crippen LogP contribution in [0.25, 0.3) is 11.1 Å². The molecule has 0 radical (unpaired) electrons. The van der Waals surface area contributed by atoms with Crippen molar-refractivity contribution >= 4 is 23.5 Å². The lowest BCUT2D eigenvalue weighted by Gasteiger charge is -2.14. The summed E-state index contributed by atoms with van der Waals surface area (Å²) in [6, 6.07) is 9.04. The molecule has 0 fully saturated rings. The summed E-state index contributed by atoms with van der Waals surface area (Å²) in [4.78, 5) is 15.5. The number of thioether (sulfide) groups is 1. The van der Waals surface area contributed by atoms with Crippen LogP contribution in [-0.4, -0.2) is 38.0 Å². The lowest BCUT2D eigenvalue weighted by Crippen LogP contribution is -2.07. The van der Waals surface area contributed by atoms with E-state index in [0.717, 1.165) is 11.8 Å². The Morgan fingerprint density at radius 2 is 1.81 bits per heavy atom. The summed E-state index contributed by atoms with van der Waals surface area (Å²) in [5.41, 5.74) is 7.00. The fourth-order valence-corrected chi connectivity index (χ4v) is 3.20. The highest BCUT2D eigenvalue weighted by Crippen LogP contribution is 2.39. The van der Waals surface area contributed by atoms with Crippen LogP contribution in [0.15, 0.2) is 23.2 Å². The van der Waals surface area contributed by atoms with Gasteiger partial charge >= 0.3 is 5.97 Å². The SMILES string of the molecule is COC(=O)CSc1nc(N)c(C#N)c(-c2ccc(OC)c(OC)c2)c1C#N. The zero-order valence-corrected chi connectivity index (χ0v) is 15.7. The first-order chi connectivity index (χ1) is 13.0. The molecule has 1 heterocycles. The van der Waals surface area contributed by atoms with Crippen LogP contribution in [0.5, 0.6) is 11.5 Å². The van der Waals surface area contributed by atoms with Crippen LogP contribution in [0.2, 0.25) is 0 Å². The first-order valence-electron chi connectivity index (χ1n) is 7.56.